The SMILES string of the molecule is Fc1cnc(Nc2ccc(N3CCNCC3)cn2)nc1-c1cnc2ccccc2c1. The van der Waals surface area contributed by atoms with Crippen LogP contribution in [0.4, 0.5) is 21.8 Å². The van der Waals surface area contributed by atoms with Crippen LogP contribution < -0.4 is 15.5 Å². The first-order valence-electron chi connectivity index (χ1n) is 9.83. The van der Waals surface area contributed by atoms with Crippen LogP contribution in [-0.2, 0) is 0 Å². The zero-order valence-electron chi connectivity index (χ0n) is 16.2. The number of fused-ring (bicyclic) bond motifs is 1. The molecule has 8 heteroatoms. The van der Waals surface area contributed by atoms with E-state index in [0.29, 0.717) is 11.4 Å². The summed E-state index contributed by atoms with van der Waals surface area (Å²) >= 11 is 0. The topological polar surface area (TPSA) is 78.9 Å². The van der Waals surface area contributed by atoms with Crippen LogP contribution in [-0.4, -0.2) is 46.1 Å². The van der Waals surface area contributed by atoms with Crippen molar-refractivity contribution in [1.29, 1.82) is 0 Å². The van der Waals surface area contributed by atoms with E-state index in [1.807, 2.05) is 48.7 Å². The molecule has 2 N–H and O–H groups in total. The van der Waals surface area contributed by atoms with Gasteiger partial charge in [-0.15, -0.1) is 0 Å². The van der Waals surface area contributed by atoms with E-state index in [4.69, 9.17) is 0 Å². The Morgan fingerprint density at radius 1 is 0.933 bits per heavy atom. The molecule has 7 nitrogen and oxygen atoms in total. The number of nitrogens with zero attached hydrogens (tertiary/aromatic N) is 5. The number of halogens is 1. The molecule has 5 rings (SSSR count). The highest BCUT2D eigenvalue weighted by atomic mass is 19.1. The summed E-state index contributed by atoms with van der Waals surface area (Å²) in [6.45, 7) is 3.85. The molecule has 4 aromatic rings. The summed E-state index contributed by atoms with van der Waals surface area (Å²) in [4.78, 5) is 19.6. The lowest BCUT2D eigenvalue weighted by Crippen LogP contribution is -2.43. The minimum Gasteiger partial charge on any atom is -0.368 e. The van der Waals surface area contributed by atoms with E-state index in [9.17, 15) is 4.39 Å². The number of anilines is 3. The molecule has 0 spiro atoms. The van der Waals surface area contributed by atoms with Crippen LogP contribution in [0.15, 0.2) is 61.1 Å². The second kappa shape index (κ2) is 8.00. The van der Waals surface area contributed by atoms with E-state index in [-0.39, 0.29) is 11.6 Å². The fourth-order valence-corrected chi connectivity index (χ4v) is 3.51. The smallest absolute Gasteiger partial charge is 0.229 e. The third-order valence-electron chi connectivity index (χ3n) is 5.08. The second-order valence-corrected chi connectivity index (χ2v) is 7.07. The average Bonchev–Trinajstić information content (AvgIpc) is 2.81. The van der Waals surface area contributed by atoms with Crippen molar-refractivity contribution in [3.63, 3.8) is 0 Å². The molecule has 1 aliphatic heterocycles. The van der Waals surface area contributed by atoms with Crippen LogP contribution in [0.2, 0.25) is 0 Å². The average molecular weight is 401 g/mol. The molecule has 0 amide bonds. The Morgan fingerprint density at radius 3 is 2.63 bits per heavy atom. The van der Waals surface area contributed by atoms with Gasteiger partial charge in [0.05, 0.1) is 23.6 Å². The van der Waals surface area contributed by atoms with Crippen molar-refractivity contribution in [1.82, 2.24) is 25.3 Å². The predicted octanol–water partition coefficient (Wildman–Crippen LogP) is 3.38. The highest BCUT2D eigenvalue weighted by Crippen LogP contribution is 2.25. The van der Waals surface area contributed by atoms with Gasteiger partial charge in [-0.1, -0.05) is 18.2 Å². The third kappa shape index (κ3) is 3.77. The van der Waals surface area contributed by atoms with Crippen LogP contribution in [0, 0.1) is 5.82 Å². The maximum atomic E-state index is 14.4. The van der Waals surface area contributed by atoms with Crippen molar-refractivity contribution >= 4 is 28.4 Å². The molecular weight excluding hydrogens is 381 g/mol. The van der Waals surface area contributed by atoms with Crippen LogP contribution in [0.3, 0.4) is 0 Å². The molecule has 0 radical (unpaired) electrons. The van der Waals surface area contributed by atoms with Crippen molar-refractivity contribution in [2.24, 2.45) is 0 Å². The van der Waals surface area contributed by atoms with Gasteiger partial charge in [-0.3, -0.25) is 4.98 Å². The Morgan fingerprint density at radius 2 is 1.80 bits per heavy atom. The molecule has 0 bridgehead atoms. The lowest BCUT2D eigenvalue weighted by Gasteiger charge is -2.29. The normalized spacial score (nSPS) is 14.1. The number of hydrogen-bond donors (Lipinski definition) is 2. The Labute approximate surface area is 173 Å². The van der Waals surface area contributed by atoms with Crippen molar-refractivity contribution in [3.8, 4) is 11.3 Å². The molecule has 1 saturated heterocycles. The van der Waals surface area contributed by atoms with E-state index in [2.05, 4.69) is 35.5 Å². The zero-order valence-corrected chi connectivity index (χ0v) is 16.2. The monoisotopic (exact) mass is 401 g/mol. The number of piperazine rings is 1. The van der Waals surface area contributed by atoms with Gasteiger partial charge in [-0.05, 0) is 24.3 Å². The molecule has 0 aliphatic carbocycles. The summed E-state index contributed by atoms with van der Waals surface area (Å²) in [5.74, 6) is 0.379. The van der Waals surface area contributed by atoms with E-state index >= 15 is 0 Å². The summed E-state index contributed by atoms with van der Waals surface area (Å²) < 4.78 is 14.4. The molecule has 1 aromatic carbocycles. The highest BCUT2D eigenvalue weighted by molar-refractivity contribution is 5.83. The van der Waals surface area contributed by atoms with Crippen molar-refractivity contribution in [2.45, 2.75) is 0 Å². The molecule has 4 heterocycles. The van der Waals surface area contributed by atoms with Gasteiger partial charge in [0.2, 0.25) is 5.95 Å². The van der Waals surface area contributed by atoms with E-state index in [1.165, 1.54) is 0 Å². The quantitative estimate of drug-likeness (QED) is 0.543. The van der Waals surface area contributed by atoms with E-state index < -0.39 is 5.82 Å². The van der Waals surface area contributed by atoms with Gasteiger partial charge < -0.3 is 15.5 Å². The zero-order chi connectivity index (χ0) is 20.3. The van der Waals surface area contributed by atoms with Gasteiger partial charge in [-0.2, -0.15) is 0 Å². The second-order valence-electron chi connectivity index (χ2n) is 7.07. The highest BCUT2D eigenvalue weighted by Gasteiger charge is 2.13. The summed E-state index contributed by atoms with van der Waals surface area (Å²) in [7, 11) is 0. The molecule has 1 aliphatic rings. The lowest BCUT2D eigenvalue weighted by molar-refractivity contribution is 0.589. The molecule has 30 heavy (non-hydrogen) atoms. The fourth-order valence-electron chi connectivity index (χ4n) is 3.51. The predicted molar refractivity (Wildman–Crippen MR) is 115 cm³/mol. The molecular formula is C22H20FN7. The summed E-state index contributed by atoms with van der Waals surface area (Å²) in [5.41, 5.74) is 2.72. The van der Waals surface area contributed by atoms with Gasteiger partial charge in [0, 0.05) is 43.3 Å². The Hall–Kier alpha value is -3.65. The van der Waals surface area contributed by atoms with Gasteiger partial charge in [0.25, 0.3) is 0 Å². The summed E-state index contributed by atoms with van der Waals surface area (Å²) in [6, 6.07) is 13.5. The Kier molecular flexibility index (Phi) is 4.90. The van der Waals surface area contributed by atoms with Crippen LogP contribution in [0.25, 0.3) is 22.2 Å². The maximum absolute atomic E-state index is 14.4. The minimum absolute atomic E-state index is 0.197. The number of nitrogens with one attached hydrogen (secondary N) is 2. The summed E-state index contributed by atoms with van der Waals surface area (Å²) in [6.07, 6.45) is 4.61. The van der Waals surface area contributed by atoms with Crippen LogP contribution in [0.1, 0.15) is 0 Å². The number of rotatable bonds is 4. The van der Waals surface area contributed by atoms with E-state index in [1.54, 1.807) is 6.20 Å². The Bertz CT molecular complexity index is 1170. The maximum Gasteiger partial charge on any atom is 0.229 e. The lowest BCUT2D eigenvalue weighted by atomic mass is 10.1. The number of benzene rings is 1. The van der Waals surface area contributed by atoms with Crippen molar-refractivity contribution < 1.29 is 4.39 Å². The van der Waals surface area contributed by atoms with Crippen LogP contribution in [0.5, 0.6) is 0 Å². The first kappa shape index (κ1) is 18.4. The molecule has 0 unspecified atom stereocenters. The van der Waals surface area contributed by atoms with Crippen LogP contribution >= 0.6 is 0 Å². The molecule has 0 atom stereocenters. The molecule has 0 saturated carbocycles. The molecule has 150 valence electrons. The molecule has 1 fully saturated rings. The first-order chi connectivity index (χ1) is 14.8. The van der Waals surface area contributed by atoms with Gasteiger partial charge in [0.1, 0.15) is 11.5 Å². The number of hydrogen-bond acceptors (Lipinski definition) is 7. The van der Waals surface area contributed by atoms with Crippen molar-refractivity contribution in [2.75, 3.05) is 36.4 Å². The van der Waals surface area contributed by atoms with Gasteiger partial charge in [-0.25, -0.2) is 19.3 Å². The number of para-hydroxylation sites is 1. The number of pyridine rings is 2. The first-order valence-corrected chi connectivity index (χ1v) is 9.83. The van der Waals surface area contributed by atoms with Crippen molar-refractivity contribution in [3.05, 3.63) is 66.9 Å². The fraction of sp³-hybridized carbons (Fsp3) is 0.182. The number of aromatic nitrogens is 4. The van der Waals surface area contributed by atoms with Gasteiger partial charge >= 0.3 is 0 Å². The Balaban J connectivity index is 1.39. The largest absolute Gasteiger partial charge is 0.368 e. The van der Waals surface area contributed by atoms with Gasteiger partial charge in [0.15, 0.2) is 5.82 Å². The standard InChI is InChI=1S/C22H20FN7/c23-18-14-27-22(28-20-6-5-17(13-26-20)30-9-7-24-8-10-30)29-21(18)16-11-15-3-1-2-4-19(15)25-12-16/h1-6,11-14,24H,7-10H2,(H,26,27,28,29). The summed E-state index contributed by atoms with van der Waals surface area (Å²) in [5, 5.41) is 7.32. The minimum atomic E-state index is -0.500. The van der Waals surface area contributed by atoms with E-state index in [0.717, 1.165) is 49.0 Å². The third-order valence-corrected chi connectivity index (χ3v) is 5.08. The molecule has 3 aromatic heterocycles.